The largest absolute Gasteiger partial charge is 0.461 e. The number of nitrogens with zero attached hydrogens (tertiary/aromatic N) is 4. The number of aryl methyl sites for hydroxylation is 3. The first kappa shape index (κ1) is 18.3. The molecule has 0 radical (unpaired) electrons. The van der Waals surface area contributed by atoms with Crippen molar-refractivity contribution in [3.05, 3.63) is 59.1 Å². The Morgan fingerprint density at radius 1 is 1.23 bits per heavy atom. The van der Waals surface area contributed by atoms with Gasteiger partial charge < -0.3 is 14.1 Å². The van der Waals surface area contributed by atoms with Gasteiger partial charge in [-0.25, -0.2) is 4.52 Å². The molecule has 7 heteroatoms. The fourth-order valence-electron chi connectivity index (χ4n) is 3.94. The minimum atomic E-state index is -0.0848. The van der Waals surface area contributed by atoms with E-state index < -0.39 is 0 Å². The zero-order valence-corrected chi connectivity index (χ0v) is 17.0. The second kappa shape index (κ2) is 6.63. The van der Waals surface area contributed by atoms with Crippen LogP contribution in [-0.4, -0.2) is 33.5 Å². The number of furan rings is 1. The van der Waals surface area contributed by atoms with E-state index in [1.807, 2.05) is 39.0 Å². The normalized spacial score (nSPS) is 14.1. The molecule has 1 aliphatic heterocycles. The van der Waals surface area contributed by atoms with E-state index in [0.717, 1.165) is 33.4 Å². The third-order valence-electron chi connectivity index (χ3n) is 5.85. The summed E-state index contributed by atoms with van der Waals surface area (Å²) in [6.45, 7) is 6.82. The molecule has 1 saturated heterocycles. The lowest BCUT2D eigenvalue weighted by atomic mass is 10.0. The van der Waals surface area contributed by atoms with E-state index in [9.17, 15) is 4.79 Å². The van der Waals surface area contributed by atoms with Crippen LogP contribution in [0.4, 0.5) is 0 Å². The van der Waals surface area contributed by atoms with E-state index >= 15 is 0 Å². The lowest BCUT2D eigenvalue weighted by molar-refractivity contribution is 0.0576. The van der Waals surface area contributed by atoms with Crippen LogP contribution in [0.15, 0.2) is 41.1 Å². The Bertz CT molecular complexity index is 1350. The molecule has 30 heavy (non-hydrogen) atoms. The van der Waals surface area contributed by atoms with E-state index in [0.29, 0.717) is 30.2 Å². The van der Waals surface area contributed by atoms with Gasteiger partial charge in [-0.2, -0.15) is 10.4 Å². The number of rotatable bonds is 3. The van der Waals surface area contributed by atoms with Gasteiger partial charge in [0.1, 0.15) is 22.6 Å². The van der Waals surface area contributed by atoms with Gasteiger partial charge in [0.2, 0.25) is 0 Å². The molecule has 4 heterocycles. The summed E-state index contributed by atoms with van der Waals surface area (Å²) in [5, 5.41) is 14.4. The molecule has 1 fully saturated rings. The van der Waals surface area contributed by atoms with E-state index in [-0.39, 0.29) is 11.8 Å². The van der Waals surface area contributed by atoms with Gasteiger partial charge in [0.25, 0.3) is 5.91 Å². The first-order valence-electron chi connectivity index (χ1n) is 9.79. The zero-order valence-electron chi connectivity index (χ0n) is 17.0. The van der Waals surface area contributed by atoms with Crippen molar-refractivity contribution < 1.29 is 13.9 Å². The number of benzene rings is 1. The number of hydrogen-bond acceptors (Lipinski definition) is 5. The van der Waals surface area contributed by atoms with Gasteiger partial charge in [-0.15, -0.1) is 0 Å². The smallest absolute Gasteiger partial charge is 0.255 e. The third-order valence-corrected chi connectivity index (χ3v) is 5.85. The van der Waals surface area contributed by atoms with Crippen molar-refractivity contribution in [2.45, 2.75) is 20.8 Å². The minimum Gasteiger partial charge on any atom is -0.461 e. The molecule has 0 aliphatic carbocycles. The van der Waals surface area contributed by atoms with Crippen molar-refractivity contribution in [2.24, 2.45) is 5.92 Å². The Balaban J connectivity index is 1.50. The van der Waals surface area contributed by atoms with Gasteiger partial charge in [-0.1, -0.05) is 0 Å². The van der Waals surface area contributed by atoms with Crippen LogP contribution in [0, 0.1) is 38.0 Å². The summed E-state index contributed by atoms with van der Waals surface area (Å²) in [6, 6.07) is 9.75. The number of ether oxygens (including phenoxy) is 1. The molecule has 5 rings (SSSR count). The summed E-state index contributed by atoms with van der Waals surface area (Å²) in [5.74, 6) is 1.99. The van der Waals surface area contributed by atoms with Gasteiger partial charge in [0.15, 0.2) is 5.75 Å². The topological polar surface area (TPSA) is 83.8 Å². The van der Waals surface area contributed by atoms with Crippen LogP contribution in [-0.2, 0) is 0 Å². The summed E-state index contributed by atoms with van der Waals surface area (Å²) in [4.78, 5) is 14.5. The molecule has 0 spiro atoms. The lowest BCUT2D eigenvalue weighted by Gasteiger charge is -2.35. The quantitative estimate of drug-likeness (QED) is 0.509. The summed E-state index contributed by atoms with van der Waals surface area (Å²) >= 11 is 0. The zero-order chi connectivity index (χ0) is 21.0. The van der Waals surface area contributed by atoms with E-state index in [1.165, 1.54) is 0 Å². The van der Waals surface area contributed by atoms with Crippen LogP contribution >= 0.6 is 0 Å². The first-order chi connectivity index (χ1) is 14.5. The van der Waals surface area contributed by atoms with E-state index in [2.05, 4.69) is 11.2 Å². The number of hydrogen-bond donors (Lipinski definition) is 0. The summed E-state index contributed by atoms with van der Waals surface area (Å²) < 4.78 is 13.7. The third kappa shape index (κ3) is 2.72. The van der Waals surface area contributed by atoms with Crippen LogP contribution in [0.5, 0.6) is 11.5 Å². The average Bonchev–Trinajstić information content (AvgIpc) is 3.18. The molecule has 150 valence electrons. The molecule has 0 N–H and O–H groups in total. The van der Waals surface area contributed by atoms with Crippen LogP contribution in [0.3, 0.4) is 0 Å². The predicted octanol–water partition coefficient (Wildman–Crippen LogP) is 4.39. The number of amides is 1. The van der Waals surface area contributed by atoms with Crippen molar-refractivity contribution in [2.75, 3.05) is 13.1 Å². The molecule has 1 aliphatic rings. The number of likely N-dealkylation sites (tertiary alicyclic amines) is 1. The SMILES string of the molecule is Cc1oc2cc(Oc3ccnn4cc(C(=O)N5CC(C#N)C5)c(C)c34)ccc2c1C. The minimum absolute atomic E-state index is 0.0768. The second-order valence-corrected chi connectivity index (χ2v) is 7.74. The number of carbonyl (C=O) groups excluding carboxylic acids is 1. The van der Waals surface area contributed by atoms with Crippen molar-refractivity contribution in [1.82, 2.24) is 14.5 Å². The van der Waals surface area contributed by atoms with E-state index in [1.54, 1.807) is 27.9 Å². The van der Waals surface area contributed by atoms with Crippen molar-refractivity contribution in [3.63, 3.8) is 0 Å². The van der Waals surface area contributed by atoms with E-state index in [4.69, 9.17) is 14.4 Å². The number of nitriles is 1. The highest BCUT2D eigenvalue weighted by atomic mass is 16.5. The van der Waals surface area contributed by atoms with Gasteiger partial charge >= 0.3 is 0 Å². The Morgan fingerprint density at radius 2 is 2.03 bits per heavy atom. The summed E-state index contributed by atoms with van der Waals surface area (Å²) in [6.07, 6.45) is 3.37. The highest BCUT2D eigenvalue weighted by molar-refractivity contribution is 5.99. The Hall–Kier alpha value is -3.79. The first-order valence-corrected chi connectivity index (χ1v) is 9.79. The van der Waals surface area contributed by atoms with Gasteiger partial charge in [-0.05, 0) is 44.0 Å². The molecule has 7 nitrogen and oxygen atoms in total. The molecule has 3 aromatic heterocycles. The van der Waals surface area contributed by atoms with Crippen molar-refractivity contribution in [1.29, 1.82) is 5.26 Å². The number of carbonyl (C=O) groups is 1. The molecule has 0 unspecified atom stereocenters. The van der Waals surface area contributed by atoms with Gasteiger partial charge in [-0.3, -0.25) is 4.79 Å². The molecule has 1 aromatic carbocycles. The van der Waals surface area contributed by atoms with Crippen LogP contribution in [0.2, 0.25) is 0 Å². The highest BCUT2D eigenvalue weighted by Gasteiger charge is 2.33. The maximum atomic E-state index is 12.9. The summed E-state index contributed by atoms with van der Waals surface area (Å²) in [7, 11) is 0. The van der Waals surface area contributed by atoms with Crippen LogP contribution < -0.4 is 4.74 Å². The maximum absolute atomic E-state index is 12.9. The molecule has 0 saturated carbocycles. The maximum Gasteiger partial charge on any atom is 0.255 e. The second-order valence-electron chi connectivity index (χ2n) is 7.74. The monoisotopic (exact) mass is 400 g/mol. The van der Waals surface area contributed by atoms with Gasteiger partial charge in [0, 0.05) is 36.8 Å². The molecular weight excluding hydrogens is 380 g/mol. The molecule has 0 bridgehead atoms. The summed E-state index contributed by atoms with van der Waals surface area (Å²) in [5.41, 5.74) is 4.01. The number of fused-ring (bicyclic) bond motifs is 2. The highest BCUT2D eigenvalue weighted by Crippen LogP contribution is 2.34. The number of aromatic nitrogens is 2. The van der Waals surface area contributed by atoms with Crippen molar-refractivity contribution in [3.8, 4) is 17.6 Å². The Morgan fingerprint density at radius 3 is 2.80 bits per heavy atom. The molecule has 1 amide bonds. The standard InChI is InChI=1S/C23H20N4O3/c1-13-15(3)29-21-8-17(4-5-18(13)21)30-20-6-7-25-27-12-19(14(2)22(20)27)23(28)26-10-16(9-24)11-26/h4-8,12,16H,10-11H2,1-3H3. The Kier molecular flexibility index (Phi) is 4.03. The molecule has 0 atom stereocenters. The Labute approximate surface area is 173 Å². The lowest BCUT2D eigenvalue weighted by Crippen LogP contribution is -2.49. The fraction of sp³-hybridized carbons (Fsp3) is 0.261. The molecule has 4 aromatic rings. The average molecular weight is 400 g/mol. The fourth-order valence-corrected chi connectivity index (χ4v) is 3.94. The van der Waals surface area contributed by atoms with Crippen LogP contribution in [0.1, 0.15) is 27.2 Å². The predicted molar refractivity (Wildman–Crippen MR) is 111 cm³/mol. The van der Waals surface area contributed by atoms with Gasteiger partial charge in [0.05, 0.1) is 23.7 Å². The van der Waals surface area contributed by atoms with Crippen molar-refractivity contribution >= 4 is 22.4 Å². The van der Waals surface area contributed by atoms with Crippen LogP contribution in [0.25, 0.3) is 16.5 Å². The molecular formula is C23H20N4O3.